The van der Waals surface area contributed by atoms with Crippen LogP contribution in [0.25, 0.3) is 0 Å². The van der Waals surface area contributed by atoms with Crippen LogP contribution in [-0.2, 0) is 56.8 Å². The minimum absolute atomic E-state index is 0.0926. The van der Waals surface area contributed by atoms with Gasteiger partial charge in [0, 0.05) is 82.8 Å². The van der Waals surface area contributed by atoms with E-state index in [9.17, 15) is 0 Å². The molecule has 0 saturated heterocycles. The Morgan fingerprint density at radius 2 is 0.455 bits per heavy atom. The van der Waals surface area contributed by atoms with Gasteiger partial charge < -0.3 is 114 Å². The van der Waals surface area contributed by atoms with Gasteiger partial charge in [0.15, 0.2) is 135 Å². The number of rotatable bonds is 51. The van der Waals surface area contributed by atoms with Crippen molar-refractivity contribution in [2.45, 2.75) is 258 Å². The lowest BCUT2D eigenvalue weighted by Crippen LogP contribution is -2.22. The van der Waals surface area contributed by atoms with Crippen LogP contribution in [-0.4, -0.2) is 161 Å². The van der Waals surface area contributed by atoms with Crippen molar-refractivity contribution >= 4 is 0 Å². The van der Waals surface area contributed by atoms with Crippen LogP contribution >= 0.6 is 0 Å². The molecule has 24 heteroatoms. The molecule has 12 atom stereocenters. The maximum atomic E-state index is 6.06. The van der Waals surface area contributed by atoms with Gasteiger partial charge in [0.05, 0.1) is 0 Å². The van der Waals surface area contributed by atoms with Gasteiger partial charge >= 0.3 is 0 Å². The maximum absolute atomic E-state index is 6.06. The average Bonchev–Trinajstić information content (AvgIpc) is 0.811. The molecule has 0 aliphatic rings. The molecular formula is C86H142O24. The summed E-state index contributed by atoms with van der Waals surface area (Å²) in [6, 6.07) is 25.9. The molecule has 110 heavy (non-hydrogen) atoms. The molecule has 0 aliphatic carbocycles. The van der Waals surface area contributed by atoms with E-state index in [0.29, 0.717) is 132 Å². The van der Waals surface area contributed by atoms with Crippen molar-refractivity contribution in [2.24, 2.45) is 0 Å². The quantitative estimate of drug-likeness (QED) is 0.0330. The van der Waals surface area contributed by atoms with Crippen molar-refractivity contribution in [3.8, 4) is 69.0 Å². The lowest BCUT2D eigenvalue weighted by molar-refractivity contribution is -0.0849. The Balaban J connectivity index is 0.000000693. The van der Waals surface area contributed by atoms with E-state index < -0.39 is 18.9 Å². The summed E-state index contributed by atoms with van der Waals surface area (Å²) >= 11 is 0. The zero-order valence-corrected chi connectivity index (χ0v) is 72.3. The Kier molecular flexibility index (Phi) is 55.1. The van der Waals surface area contributed by atoms with Crippen LogP contribution in [0.4, 0.5) is 0 Å². The molecule has 5 rings (SSSR count). The zero-order valence-electron chi connectivity index (χ0n) is 72.3. The molecule has 0 amide bonds. The van der Waals surface area contributed by atoms with Crippen molar-refractivity contribution in [3.05, 3.63) is 107 Å². The Hall–Kier alpha value is -6.78. The molecule has 5 aromatic rings. The first-order chi connectivity index (χ1) is 52.8. The first kappa shape index (κ1) is 101. The van der Waals surface area contributed by atoms with Gasteiger partial charge in [0.25, 0.3) is 0 Å². The predicted octanol–water partition coefficient (Wildman–Crippen LogP) is 20.5. The van der Waals surface area contributed by atoms with Crippen LogP contribution in [0, 0.1) is 0 Å². The maximum Gasteiger partial charge on any atom is 0.206 e. The summed E-state index contributed by atoms with van der Waals surface area (Å²) in [4.78, 5) is 0. The standard InChI is InChI=1S/C22H38O6.C18H30O4.C16H26O6.C16H26O4.C14H22O4/c1-9-15(5)19-13-20(26-16(6)23-10-2)22(28-18(8)25-12-4)21(14-19)27-17(7)24-11-3;1-7-13(4)16-10-11-17(21-14(5)19-8-2)18(12-16)22-15(6)20-9-3;1-6-12(2)13-7-14(20-9-17-3)16(22-11-19-5)15(8-13)21-10-18-4;1-7-11(2)14-8-9-15(19-12(3)17-5)16(10-14)20-13(4)18-6;1-5-11(2)12-6-7-13(17-9-15-3)14(8-12)18-10-16-4/h13-18H,9-12H2,1-8H3;10-15H,7-9H2,1-6H3;7-8,12H,6,9-11H2,1-5H3;8-13H,7H2,1-6H3;6-8,11H,5,9-10H2,1-4H3. The predicted molar refractivity (Wildman–Crippen MR) is 431 cm³/mol. The van der Waals surface area contributed by atoms with E-state index in [1.54, 1.807) is 49.8 Å². The fraction of sp³-hybridized carbons (Fsp3) is 0.651. The van der Waals surface area contributed by atoms with Crippen LogP contribution in [0.2, 0.25) is 0 Å². The van der Waals surface area contributed by atoms with Gasteiger partial charge in [0.2, 0.25) is 11.5 Å². The molecule has 0 heterocycles. The van der Waals surface area contributed by atoms with Crippen molar-refractivity contribution in [3.63, 3.8) is 0 Å². The summed E-state index contributed by atoms with van der Waals surface area (Å²) < 4.78 is 132. The van der Waals surface area contributed by atoms with E-state index in [1.165, 1.54) is 16.7 Å². The fourth-order valence-electron chi connectivity index (χ4n) is 9.98. The molecule has 0 fully saturated rings. The Morgan fingerprint density at radius 1 is 0.218 bits per heavy atom. The first-order valence-corrected chi connectivity index (χ1v) is 38.9. The van der Waals surface area contributed by atoms with Crippen LogP contribution in [0.15, 0.2) is 78.9 Å². The highest BCUT2D eigenvalue weighted by Crippen LogP contribution is 2.45. The SMILES string of the molecule is CCC(C)c1cc(OCOC)c(OCOC)c(OCOC)c1.CCC(C)c1ccc(OC(C)OC)c(OC(C)OC)c1.CCC(C)c1ccc(OCOC)c(OCOC)c1.CCOC(C)Oc1cc(C(C)CC)cc(OC(C)OCC)c1OC(C)OCC.CCOC(C)Oc1ccc(C(C)CC)cc1OC(C)OCC. The van der Waals surface area contributed by atoms with Gasteiger partial charge in [0.1, 0.15) is 0 Å². The van der Waals surface area contributed by atoms with E-state index >= 15 is 0 Å². The second kappa shape index (κ2) is 59.9. The number of benzene rings is 5. The highest BCUT2D eigenvalue weighted by Gasteiger charge is 2.25. The van der Waals surface area contributed by atoms with E-state index in [4.69, 9.17) is 114 Å². The molecule has 0 saturated carbocycles. The number of hydrogen-bond donors (Lipinski definition) is 0. The Morgan fingerprint density at radius 3 is 0.773 bits per heavy atom. The van der Waals surface area contributed by atoms with Crippen molar-refractivity contribution in [1.29, 1.82) is 0 Å². The summed E-state index contributed by atoms with van der Waals surface area (Å²) in [5.41, 5.74) is 5.90. The first-order valence-electron chi connectivity index (χ1n) is 38.9. The molecule has 0 radical (unpaired) electrons. The number of hydrogen-bond acceptors (Lipinski definition) is 24. The second-order valence-electron chi connectivity index (χ2n) is 25.7. The van der Waals surface area contributed by atoms with Gasteiger partial charge in [-0.1, -0.05) is 87.4 Å². The molecule has 0 N–H and O–H groups in total. The Bertz CT molecular complexity index is 3070. The lowest BCUT2D eigenvalue weighted by Gasteiger charge is -2.25. The normalized spacial score (nSPS) is 14.2. The van der Waals surface area contributed by atoms with Gasteiger partial charge in [-0.3, -0.25) is 0 Å². The van der Waals surface area contributed by atoms with Gasteiger partial charge in [-0.2, -0.15) is 0 Å². The average molecular weight is 1560 g/mol. The van der Waals surface area contributed by atoms with E-state index in [1.807, 2.05) is 144 Å². The van der Waals surface area contributed by atoms with Crippen LogP contribution in [0.5, 0.6) is 69.0 Å². The molecule has 24 nitrogen and oxygen atoms in total. The van der Waals surface area contributed by atoms with E-state index in [-0.39, 0.29) is 59.1 Å². The topological polar surface area (TPSA) is 222 Å². The Labute approximate surface area is 661 Å². The van der Waals surface area contributed by atoms with Gasteiger partial charge in [-0.25, -0.2) is 0 Å². The van der Waals surface area contributed by atoms with Crippen molar-refractivity contribution in [1.82, 2.24) is 0 Å². The summed E-state index contributed by atoms with van der Waals surface area (Å²) in [7, 11) is 11.1. The van der Waals surface area contributed by atoms with Crippen molar-refractivity contribution < 1.29 is 114 Å². The second-order valence-corrected chi connectivity index (χ2v) is 25.7. The third kappa shape index (κ3) is 39.1. The van der Waals surface area contributed by atoms with E-state index in [0.717, 1.165) is 43.2 Å². The number of ether oxygens (including phenoxy) is 24. The molecule has 0 spiro atoms. The lowest BCUT2D eigenvalue weighted by atomic mass is 9.98. The summed E-state index contributed by atoms with van der Waals surface area (Å²) in [6.07, 6.45) is 2.67. The largest absolute Gasteiger partial charge is 0.464 e. The van der Waals surface area contributed by atoms with Crippen LogP contribution in [0.3, 0.4) is 0 Å². The van der Waals surface area contributed by atoms with Gasteiger partial charge in [-0.15, -0.1) is 0 Å². The summed E-state index contributed by atoms with van der Waals surface area (Å²) in [6.45, 7) is 48.0. The highest BCUT2D eigenvalue weighted by molar-refractivity contribution is 5.56. The molecule has 5 aromatic carbocycles. The minimum Gasteiger partial charge on any atom is -0.464 e. The monoisotopic (exact) mass is 1560 g/mol. The van der Waals surface area contributed by atoms with Crippen LogP contribution < -0.4 is 56.8 Å². The summed E-state index contributed by atoms with van der Waals surface area (Å²) in [5.74, 6) is 9.46. The minimum atomic E-state index is -0.450. The third-order valence-corrected chi connectivity index (χ3v) is 17.3. The zero-order chi connectivity index (χ0) is 82.5. The van der Waals surface area contributed by atoms with Crippen LogP contribution in [0.1, 0.15) is 242 Å². The molecule has 0 aromatic heterocycles. The molecule has 0 bridgehead atoms. The fourth-order valence-corrected chi connectivity index (χ4v) is 9.98. The smallest absolute Gasteiger partial charge is 0.206 e. The molecule has 0 aliphatic heterocycles. The molecular weight excluding hydrogens is 1420 g/mol. The number of methoxy groups -OCH3 is 7. The molecule has 12 unspecified atom stereocenters. The third-order valence-electron chi connectivity index (χ3n) is 17.3. The van der Waals surface area contributed by atoms with E-state index in [2.05, 4.69) is 87.4 Å². The van der Waals surface area contributed by atoms with Crippen molar-refractivity contribution in [2.75, 3.05) is 117 Å². The molecule has 630 valence electrons. The highest BCUT2D eigenvalue weighted by atomic mass is 16.7. The summed E-state index contributed by atoms with van der Waals surface area (Å²) in [5, 5.41) is 0. The van der Waals surface area contributed by atoms with Gasteiger partial charge in [-0.05, 0) is 233 Å².